The first-order valence-corrected chi connectivity index (χ1v) is 12.2. The molecule has 2 atom stereocenters. The van der Waals surface area contributed by atoms with Gasteiger partial charge in [0.1, 0.15) is 17.4 Å². The molecular weight excluding hydrogens is 470 g/mol. The third kappa shape index (κ3) is 8.01. The molecule has 0 heterocycles. The molecule has 8 heteroatoms. The highest BCUT2D eigenvalue weighted by molar-refractivity contribution is 6.00. The number of alkyl carbamates (subject to hydrolysis) is 1. The van der Waals surface area contributed by atoms with Gasteiger partial charge in [0.2, 0.25) is 0 Å². The minimum absolute atomic E-state index is 0.00975. The van der Waals surface area contributed by atoms with Crippen LogP contribution in [0.5, 0.6) is 5.75 Å². The number of para-hydroxylation sites is 2. The van der Waals surface area contributed by atoms with Crippen molar-refractivity contribution in [1.29, 1.82) is 0 Å². The number of carbonyl (C=O) groups excluding carboxylic acids is 3. The number of nitrogens with zero attached hydrogens (tertiary/aromatic N) is 1. The van der Waals surface area contributed by atoms with Crippen molar-refractivity contribution in [2.75, 3.05) is 5.32 Å². The molecule has 2 unspecified atom stereocenters. The Morgan fingerprint density at radius 1 is 1.05 bits per heavy atom. The highest BCUT2D eigenvalue weighted by Crippen LogP contribution is 2.31. The standard InChI is InChI=1S/C29H37N3O5/c1-9-32(27(35)22(17-18(2)3)30-28(36)37-29(6,7)8)25(21-15-10-11-16-23(21)33)26(34)31-24-19(4)13-12-14-20(24)5/h1,10-16,18,22,25,33H,17H2,2-8H3,(H,30,36)(H,31,34). The van der Waals surface area contributed by atoms with Gasteiger partial charge in [0.15, 0.2) is 6.04 Å². The Bertz CT molecular complexity index is 1160. The largest absolute Gasteiger partial charge is 0.508 e. The molecule has 0 aliphatic rings. The Balaban J connectivity index is 2.52. The molecule has 2 aromatic carbocycles. The number of ether oxygens (including phenoxy) is 1. The van der Waals surface area contributed by atoms with Crippen LogP contribution in [0.15, 0.2) is 42.5 Å². The average molecular weight is 508 g/mol. The lowest BCUT2D eigenvalue weighted by Gasteiger charge is -2.31. The third-order valence-corrected chi connectivity index (χ3v) is 5.54. The molecule has 0 aliphatic heterocycles. The first kappa shape index (κ1) is 29.2. The lowest BCUT2D eigenvalue weighted by Crippen LogP contribution is -2.51. The van der Waals surface area contributed by atoms with Gasteiger partial charge in [0, 0.05) is 17.3 Å². The van der Waals surface area contributed by atoms with Crippen LogP contribution in [0.25, 0.3) is 0 Å². The number of carbonyl (C=O) groups is 3. The van der Waals surface area contributed by atoms with Crippen LogP contribution < -0.4 is 10.6 Å². The van der Waals surface area contributed by atoms with Crippen molar-refractivity contribution in [3.8, 4) is 18.2 Å². The number of benzene rings is 2. The maximum absolute atomic E-state index is 13.8. The number of rotatable bonds is 8. The number of aryl methyl sites for hydroxylation is 2. The number of phenolic OH excluding ortho intramolecular Hbond substituents is 1. The van der Waals surface area contributed by atoms with Crippen LogP contribution in [0.1, 0.15) is 63.8 Å². The van der Waals surface area contributed by atoms with Crippen molar-refractivity contribution in [2.24, 2.45) is 5.92 Å². The van der Waals surface area contributed by atoms with Crippen molar-refractivity contribution < 1.29 is 24.2 Å². The zero-order valence-corrected chi connectivity index (χ0v) is 22.6. The van der Waals surface area contributed by atoms with E-state index < -0.39 is 35.6 Å². The van der Waals surface area contributed by atoms with E-state index in [-0.39, 0.29) is 23.7 Å². The maximum atomic E-state index is 13.8. The predicted octanol–water partition coefficient (Wildman–Crippen LogP) is 5.05. The van der Waals surface area contributed by atoms with Crippen molar-refractivity contribution >= 4 is 23.6 Å². The Hall–Kier alpha value is -3.99. The number of nitrogens with one attached hydrogen (secondary N) is 2. The topological polar surface area (TPSA) is 108 Å². The fourth-order valence-electron chi connectivity index (χ4n) is 3.90. The van der Waals surface area contributed by atoms with Gasteiger partial charge in [-0.2, -0.15) is 0 Å². The van der Waals surface area contributed by atoms with Crippen LogP contribution in [0.4, 0.5) is 10.5 Å². The minimum atomic E-state index is -1.37. The van der Waals surface area contributed by atoms with E-state index in [1.807, 2.05) is 45.9 Å². The number of anilines is 1. The van der Waals surface area contributed by atoms with E-state index in [9.17, 15) is 19.5 Å². The maximum Gasteiger partial charge on any atom is 0.408 e. The van der Waals surface area contributed by atoms with Crippen LogP contribution >= 0.6 is 0 Å². The third-order valence-electron chi connectivity index (χ3n) is 5.54. The smallest absolute Gasteiger partial charge is 0.408 e. The Morgan fingerprint density at radius 2 is 1.65 bits per heavy atom. The van der Waals surface area contributed by atoms with Crippen LogP contribution in [-0.4, -0.2) is 39.6 Å². The average Bonchev–Trinajstić information content (AvgIpc) is 2.78. The second kappa shape index (κ2) is 12.3. The normalized spacial score (nSPS) is 12.7. The van der Waals surface area contributed by atoms with E-state index in [2.05, 4.69) is 16.7 Å². The summed E-state index contributed by atoms with van der Waals surface area (Å²) in [7, 11) is 0. The molecule has 0 aliphatic carbocycles. The molecule has 8 nitrogen and oxygen atoms in total. The summed E-state index contributed by atoms with van der Waals surface area (Å²) in [6.45, 7) is 12.6. The van der Waals surface area contributed by atoms with E-state index in [1.165, 1.54) is 12.1 Å². The number of terminal acetylenes is 1. The lowest BCUT2D eigenvalue weighted by molar-refractivity contribution is -0.137. The molecule has 0 spiro atoms. The Morgan fingerprint density at radius 3 is 2.16 bits per heavy atom. The van der Waals surface area contributed by atoms with Crippen molar-refractivity contribution in [3.05, 3.63) is 59.2 Å². The second-order valence-electron chi connectivity index (χ2n) is 10.4. The summed E-state index contributed by atoms with van der Waals surface area (Å²) in [6, 6.07) is 11.6. The molecule has 0 saturated carbocycles. The molecule has 2 rings (SSSR count). The zero-order valence-electron chi connectivity index (χ0n) is 22.6. The van der Waals surface area contributed by atoms with Crippen LogP contribution in [0.3, 0.4) is 0 Å². The summed E-state index contributed by atoms with van der Waals surface area (Å²) in [5.41, 5.74) is 1.62. The number of aromatic hydroxyl groups is 1. The van der Waals surface area contributed by atoms with Crippen LogP contribution in [0, 0.1) is 32.2 Å². The van der Waals surface area contributed by atoms with Gasteiger partial charge in [0.25, 0.3) is 11.8 Å². The van der Waals surface area contributed by atoms with Crippen molar-refractivity contribution in [1.82, 2.24) is 10.2 Å². The molecule has 0 fully saturated rings. The van der Waals surface area contributed by atoms with Gasteiger partial charge in [0.05, 0.1) is 0 Å². The molecule has 0 saturated heterocycles. The van der Waals surface area contributed by atoms with Crippen LogP contribution in [0.2, 0.25) is 0 Å². The summed E-state index contributed by atoms with van der Waals surface area (Å²) in [6.07, 6.45) is 5.28. The van der Waals surface area contributed by atoms with Crippen molar-refractivity contribution in [3.63, 3.8) is 0 Å². The van der Waals surface area contributed by atoms with E-state index in [0.717, 1.165) is 16.0 Å². The second-order valence-corrected chi connectivity index (χ2v) is 10.4. The molecular formula is C29H37N3O5. The molecule has 0 radical (unpaired) electrons. The van der Waals surface area contributed by atoms with E-state index >= 15 is 0 Å². The first-order valence-electron chi connectivity index (χ1n) is 12.2. The Labute approximate surface area is 219 Å². The van der Waals surface area contributed by atoms with Gasteiger partial charge < -0.3 is 20.5 Å². The lowest BCUT2D eigenvalue weighted by atomic mass is 9.99. The van der Waals surface area contributed by atoms with Gasteiger partial charge in [-0.05, 0) is 64.2 Å². The number of hydrogen-bond acceptors (Lipinski definition) is 5. The monoisotopic (exact) mass is 507 g/mol. The van der Waals surface area contributed by atoms with E-state index in [4.69, 9.17) is 11.2 Å². The van der Waals surface area contributed by atoms with Crippen LogP contribution in [-0.2, 0) is 14.3 Å². The van der Waals surface area contributed by atoms with E-state index in [0.29, 0.717) is 5.69 Å². The molecule has 0 aromatic heterocycles. The van der Waals surface area contributed by atoms with Gasteiger partial charge in [-0.3, -0.25) is 14.5 Å². The van der Waals surface area contributed by atoms with Crippen molar-refractivity contribution in [2.45, 2.75) is 72.6 Å². The number of phenols is 1. The predicted molar refractivity (Wildman–Crippen MR) is 144 cm³/mol. The van der Waals surface area contributed by atoms with Gasteiger partial charge in [-0.1, -0.05) is 56.7 Å². The molecule has 198 valence electrons. The summed E-state index contributed by atoms with van der Waals surface area (Å²) in [4.78, 5) is 40.9. The summed E-state index contributed by atoms with van der Waals surface area (Å²) in [5, 5.41) is 16.1. The summed E-state index contributed by atoms with van der Waals surface area (Å²) >= 11 is 0. The summed E-state index contributed by atoms with van der Waals surface area (Å²) < 4.78 is 5.34. The number of hydrogen-bond donors (Lipinski definition) is 3. The number of amides is 3. The fourth-order valence-corrected chi connectivity index (χ4v) is 3.90. The van der Waals surface area contributed by atoms with Gasteiger partial charge in [-0.25, -0.2) is 4.79 Å². The SMILES string of the molecule is C#CN(C(=O)C(CC(C)C)NC(=O)OC(C)(C)C)C(C(=O)Nc1c(C)cccc1C)c1ccccc1O. The van der Waals surface area contributed by atoms with Gasteiger partial charge >= 0.3 is 6.09 Å². The summed E-state index contributed by atoms with van der Waals surface area (Å²) in [5.74, 6) is -1.47. The molecule has 3 N–H and O–H groups in total. The molecule has 3 amide bonds. The zero-order chi connectivity index (χ0) is 27.9. The molecule has 2 aromatic rings. The fraction of sp³-hybridized carbons (Fsp3) is 0.414. The minimum Gasteiger partial charge on any atom is -0.508 e. The molecule has 37 heavy (non-hydrogen) atoms. The quantitative estimate of drug-likeness (QED) is 0.342. The first-order chi connectivity index (χ1) is 17.2. The Kier molecular flexibility index (Phi) is 9.73. The van der Waals surface area contributed by atoms with E-state index in [1.54, 1.807) is 32.9 Å². The molecule has 0 bridgehead atoms. The highest BCUT2D eigenvalue weighted by atomic mass is 16.6. The van der Waals surface area contributed by atoms with Gasteiger partial charge in [-0.15, -0.1) is 0 Å². The highest BCUT2D eigenvalue weighted by Gasteiger charge is 2.37.